The van der Waals surface area contributed by atoms with E-state index in [0.29, 0.717) is 49.4 Å². The Morgan fingerprint density at radius 3 is 2.48 bits per heavy atom. The Labute approximate surface area is 183 Å². The average Bonchev–Trinajstić information content (AvgIpc) is 2.80. The van der Waals surface area contributed by atoms with Gasteiger partial charge in [0.2, 0.25) is 15.9 Å². The lowest BCUT2D eigenvalue weighted by molar-refractivity contribution is -0.126. The minimum Gasteiger partial charge on any atom is -0.356 e. The molecule has 31 heavy (non-hydrogen) atoms. The zero-order chi connectivity index (χ0) is 21.8. The Kier molecular flexibility index (Phi) is 6.72. The molecule has 1 aliphatic carbocycles. The number of benzene rings is 2. The second kappa shape index (κ2) is 9.49. The molecule has 1 heterocycles. The number of sulfonamides is 1. The summed E-state index contributed by atoms with van der Waals surface area (Å²) < 4.78 is 41.4. The van der Waals surface area contributed by atoms with Gasteiger partial charge in [-0.2, -0.15) is 4.31 Å². The number of carbonyl (C=O) groups is 1. The molecule has 1 amide bonds. The summed E-state index contributed by atoms with van der Waals surface area (Å²) in [5.41, 5.74) is 2.99. The summed E-state index contributed by atoms with van der Waals surface area (Å²) >= 11 is 0. The van der Waals surface area contributed by atoms with E-state index >= 15 is 0 Å². The first kappa shape index (κ1) is 22.0. The highest BCUT2D eigenvalue weighted by Gasteiger charge is 2.32. The molecule has 1 saturated heterocycles. The van der Waals surface area contributed by atoms with E-state index in [-0.39, 0.29) is 17.6 Å². The third-order valence-corrected chi connectivity index (χ3v) is 8.33. The lowest BCUT2D eigenvalue weighted by Gasteiger charge is -2.31. The van der Waals surface area contributed by atoms with Crippen LogP contribution in [-0.4, -0.2) is 38.3 Å². The number of rotatable bonds is 6. The van der Waals surface area contributed by atoms with Crippen molar-refractivity contribution in [3.63, 3.8) is 0 Å². The topological polar surface area (TPSA) is 66.5 Å². The highest BCUT2D eigenvalue weighted by molar-refractivity contribution is 7.89. The van der Waals surface area contributed by atoms with E-state index in [1.165, 1.54) is 15.9 Å². The van der Waals surface area contributed by atoms with Crippen molar-refractivity contribution in [2.24, 2.45) is 5.92 Å². The van der Waals surface area contributed by atoms with Crippen molar-refractivity contribution in [2.75, 3.05) is 19.6 Å². The van der Waals surface area contributed by atoms with Crippen molar-refractivity contribution >= 4 is 15.9 Å². The molecular weight excluding hydrogens is 415 g/mol. The van der Waals surface area contributed by atoms with Gasteiger partial charge in [-0.05, 0) is 79.8 Å². The van der Waals surface area contributed by atoms with Gasteiger partial charge in [0.05, 0.1) is 4.90 Å². The van der Waals surface area contributed by atoms with Crippen LogP contribution in [0.4, 0.5) is 4.39 Å². The van der Waals surface area contributed by atoms with Crippen LogP contribution < -0.4 is 5.32 Å². The monoisotopic (exact) mass is 444 g/mol. The molecule has 0 atom stereocenters. The smallest absolute Gasteiger partial charge is 0.243 e. The average molecular weight is 445 g/mol. The highest BCUT2D eigenvalue weighted by Crippen LogP contribution is 2.28. The van der Waals surface area contributed by atoms with E-state index < -0.39 is 10.0 Å². The Morgan fingerprint density at radius 2 is 1.74 bits per heavy atom. The van der Waals surface area contributed by atoms with Crippen LogP contribution in [0.3, 0.4) is 0 Å². The first-order chi connectivity index (χ1) is 14.9. The van der Waals surface area contributed by atoms with Gasteiger partial charge in [-0.3, -0.25) is 4.79 Å². The molecule has 0 aromatic heterocycles. The quantitative estimate of drug-likeness (QED) is 0.742. The standard InChI is InChI=1S/C24H29FN2O3S/c25-23-8-4-3-6-19(23)11-14-26-24(28)20-12-15-27(16-13-20)31(29,30)22-10-9-18-5-1-2-7-21(18)17-22/h3-4,6,8-10,17,20H,1-2,5,7,11-16H2,(H,26,28). The van der Waals surface area contributed by atoms with E-state index in [2.05, 4.69) is 5.32 Å². The number of carbonyl (C=O) groups excluding carboxylic acids is 1. The second-order valence-electron chi connectivity index (χ2n) is 8.45. The van der Waals surface area contributed by atoms with Crippen LogP contribution in [0.5, 0.6) is 0 Å². The van der Waals surface area contributed by atoms with Crippen LogP contribution in [0.15, 0.2) is 47.4 Å². The van der Waals surface area contributed by atoms with Crippen molar-refractivity contribution in [2.45, 2.75) is 49.8 Å². The van der Waals surface area contributed by atoms with Gasteiger partial charge in [-0.15, -0.1) is 0 Å². The van der Waals surface area contributed by atoms with Crippen molar-refractivity contribution < 1.29 is 17.6 Å². The molecule has 0 radical (unpaired) electrons. The van der Waals surface area contributed by atoms with Gasteiger partial charge in [0.25, 0.3) is 0 Å². The SMILES string of the molecule is O=C(NCCc1ccccc1F)C1CCN(S(=O)(=O)c2ccc3c(c2)CCCC3)CC1. The number of piperidine rings is 1. The largest absolute Gasteiger partial charge is 0.356 e. The van der Waals surface area contributed by atoms with Gasteiger partial charge in [0.1, 0.15) is 5.82 Å². The molecule has 0 unspecified atom stereocenters. The number of fused-ring (bicyclic) bond motifs is 1. The molecule has 2 aromatic rings. The predicted molar refractivity (Wildman–Crippen MR) is 118 cm³/mol. The number of hydrogen-bond donors (Lipinski definition) is 1. The maximum absolute atomic E-state index is 13.7. The normalized spacial score (nSPS) is 17.8. The fourth-order valence-electron chi connectivity index (χ4n) is 4.54. The lowest BCUT2D eigenvalue weighted by Crippen LogP contribution is -2.43. The Bertz CT molecular complexity index is 1050. The Balaban J connectivity index is 1.30. The fraction of sp³-hybridized carbons (Fsp3) is 0.458. The first-order valence-electron chi connectivity index (χ1n) is 11.1. The number of amides is 1. The molecule has 2 aliphatic rings. The first-order valence-corrected chi connectivity index (χ1v) is 12.5. The van der Waals surface area contributed by atoms with Crippen LogP contribution in [-0.2, 0) is 34.1 Å². The minimum atomic E-state index is -3.54. The van der Waals surface area contributed by atoms with Crippen molar-refractivity contribution in [1.29, 1.82) is 0 Å². The maximum Gasteiger partial charge on any atom is 0.243 e. The maximum atomic E-state index is 13.7. The summed E-state index contributed by atoms with van der Waals surface area (Å²) in [6.45, 7) is 1.04. The second-order valence-corrected chi connectivity index (χ2v) is 10.4. The highest BCUT2D eigenvalue weighted by atomic mass is 32.2. The molecule has 0 bridgehead atoms. The van der Waals surface area contributed by atoms with Gasteiger partial charge < -0.3 is 5.32 Å². The van der Waals surface area contributed by atoms with E-state index in [9.17, 15) is 17.6 Å². The fourth-order valence-corrected chi connectivity index (χ4v) is 6.06. The third-order valence-electron chi connectivity index (χ3n) is 6.43. The summed E-state index contributed by atoms with van der Waals surface area (Å²) in [6.07, 6.45) is 5.65. The van der Waals surface area contributed by atoms with Gasteiger partial charge in [0.15, 0.2) is 0 Å². The summed E-state index contributed by atoms with van der Waals surface area (Å²) in [6, 6.07) is 12.1. The summed E-state index contributed by atoms with van der Waals surface area (Å²) in [4.78, 5) is 12.8. The number of aryl methyl sites for hydroxylation is 2. The predicted octanol–water partition coefficient (Wildman–Crippen LogP) is 3.46. The van der Waals surface area contributed by atoms with Crippen LogP contribution in [0.1, 0.15) is 42.4 Å². The van der Waals surface area contributed by atoms with Crippen molar-refractivity contribution in [1.82, 2.24) is 9.62 Å². The van der Waals surface area contributed by atoms with Gasteiger partial charge in [0, 0.05) is 25.6 Å². The van der Waals surface area contributed by atoms with Gasteiger partial charge in [-0.1, -0.05) is 24.3 Å². The molecule has 1 N–H and O–H groups in total. The van der Waals surface area contributed by atoms with Gasteiger partial charge in [-0.25, -0.2) is 12.8 Å². The third kappa shape index (κ3) is 4.99. The molecule has 1 fully saturated rings. The van der Waals surface area contributed by atoms with Crippen LogP contribution >= 0.6 is 0 Å². The summed E-state index contributed by atoms with van der Waals surface area (Å²) in [5.74, 6) is -0.560. The molecule has 7 heteroatoms. The van der Waals surface area contributed by atoms with Crippen LogP contribution in [0.2, 0.25) is 0 Å². The number of nitrogens with one attached hydrogen (secondary N) is 1. The van der Waals surface area contributed by atoms with Crippen molar-refractivity contribution in [3.05, 3.63) is 65.0 Å². The Hall–Kier alpha value is -2.25. The number of nitrogens with zero attached hydrogens (tertiary/aromatic N) is 1. The molecule has 2 aromatic carbocycles. The van der Waals surface area contributed by atoms with Crippen molar-refractivity contribution in [3.8, 4) is 0 Å². The van der Waals surface area contributed by atoms with E-state index in [1.54, 1.807) is 24.3 Å². The molecule has 4 rings (SSSR count). The minimum absolute atomic E-state index is 0.0813. The Morgan fingerprint density at radius 1 is 1.03 bits per heavy atom. The molecule has 0 saturated carbocycles. The van der Waals surface area contributed by atoms with E-state index in [4.69, 9.17) is 0 Å². The summed E-state index contributed by atoms with van der Waals surface area (Å²) in [7, 11) is -3.54. The zero-order valence-electron chi connectivity index (χ0n) is 17.6. The molecular formula is C24H29FN2O3S. The van der Waals surface area contributed by atoms with E-state index in [1.807, 2.05) is 12.1 Å². The molecule has 0 spiro atoms. The van der Waals surface area contributed by atoms with Crippen LogP contribution in [0, 0.1) is 11.7 Å². The van der Waals surface area contributed by atoms with Gasteiger partial charge >= 0.3 is 0 Å². The number of halogens is 1. The molecule has 166 valence electrons. The lowest BCUT2D eigenvalue weighted by atomic mass is 9.92. The number of hydrogen-bond acceptors (Lipinski definition) is 3. The summed E-state index contributed by atoms with van der Waals surface area (Å²) in [5, 5.41) is 2.87. The van der Waals surface area contributed by atoms with E-state index in [0.717, 1.165) is 31.2 Å². The van der Waals surface area contributed by atoms with Crippen LogP contribution in [0.25, 0.3) is 0 Å². The zero-order valence-corrected chi connectivity index (χ0v) is 18.5. The molecule has 1 aliphatic heterocycles. The molecule has 5 nitrogen and oxygen atoms in total.